The molecular weight excluding hydrogens is 414 g/mol. The summed E-state index contributed by atoms with van der Waals surface area (Å²) in [6.45, 7) is 3.53. The molecule has 0 bridgehead atoms. The predicted molar refractivity (Wildman–Crippen MR) is 122 cm³/mol. The van der Waals surface area contributed by atoms with E-state index >= 15 is 0 Å². The SMILES string of the molecule is C.Cc1cc(F)ccc1-c1nc(NC[C@H](C)O)nc2c1ccc(=O)n2-c1ccccc1F. The second kappa shape index (κ2) is 9.23. The number of benzene rings is 2. The van der Waals surface area contributed by atoms with E-state index < -0.39 is 17.5 Å². The summed E-state index contributed by atoms with van der Waals surface area (Å²) in [5.74, 6) is -0.799. The lowest BCUT2D eigenvalue weighted by Crippen LogP contribution is -2.21. The van der Waals surface area contributed by atoms with Gasteiger partial charge >= 0.3 is 0 Å². The lowest BCUT2D eigenvalue weighted by molar-refractivity contribution is 0.208. The van der Waals surface area contributed by atoms with E-state index in [9.17, 15) is 18.7 Å². The quantitative estimate of drug-likeness (QED) is 0.481. The third kappa shape index (κ3) is 4.36. The Morgan fingerprint density at radius 3 is 2.53 bits per heavy atom. The summed E-state index contributed by atoms with van der Waals surface area (Å²) < 4.78 is 29.4. The van der Waals surface area contributed by atoms with E-state index in [1.54, 1.807) is 32.0 Å². The second-order valence-corrected chi connectivity index (χ2v) is 7.28. The summed E-state index contributed by atoms with van der Waals surface area (Å²) in [5, 5.41) is 13.1. The number of aromatic nitrogens is 3. The van der Waals surface area contributed by atoms with Crippen molar-refractivity contribution in [3.05, 3.63) is 82.1 Å². The van der Waals surface area contributed by atoms with Crippen molar-refractivity contribution in [2.75, 3.05) is 11.9 Å². The molecule has 6 nitrogen and oxygen atoms in total. The highest BCUT2D eigenvalue weighted by Crippen LogP contribution is 2.30. The lowest BCUT2D eigenvalue weighted by atomic mass is 10.0. The molecule has 0 spiro atoms. The van der Waals surface area contributed by atoms with Crippen molar-refractivity contribution in [1.82, 2.24) is 14.5 Å². The summed E-state index contributed by atoms with van der Waals surface area (Å²) in [4.78, 5) is 21.8. The maximum atomic E-state index is 14.6. The Morgan fingerprint density at radius 1 is 1.09 bits per heavy atom. The first kappa shape index (κ1) is 23.0. The fourth-order valence-corrected chi connectivity index (χ4v) is 3.40. The van der Waals surface area contributed by atoms with Crippen LogP contribution in [-0.2, 0) is 0 Å². The van der Waals surface area contributed by atoms with E-state index in [-0.39, 0.29) is 37.1 Å². The monoisotopic (exact) mass is 438 g/mol. The molecule has 166 valence electrons. The average Bonchev–Trinajstić information content (AvgIpc) is 2.72. The molecule has 0 amide bonds. The van der Waals surface area contributed by atoms with Gasteiger partial charge in [-0.2, -0.15) is 4.98 Å². The standard InChI is InChI=1S/C23H20F2N4O2.CH4/c1-13-11-15(24)7-8-16(13)21-17-9-10-20(31)29(19-6-4-3-5-18(19)25)22(17)28-23(27-21)26-12-14(2)30;/h3-11,14,30H,12H2,1-2H3,(H,26,27,28);1H4/t14-;/m0./s1. The van der Waals surface area contributed by atoms with E-state index in [1.165, 1.54) is 41.0 Å². The Morgan fingerprint density at radius 2 is 1.84 bits per heavy atom. The molecule has 0 aliphatic heterocycles. The highest BCUT2D eigenvalue weighted by molar-refractivity contribution is 5.92. The summed E-state index contributed by atoms with van der Waals surface area (Å²) in [6, 6.07) is 13.1. The van der Waals surface area contributed by atoms with Gasteiger partial charge in [0.15, 0.2) is 5.65 Å². The molecule has 0 radical (unpaired) electrons. The van der Waals surface area contributed by atoms with Gasteiger partial charge < -0.3 is 10.4 Å². The maximum absolute atomic E-state index is 14.6. The van der Waals surface area contributed by atoms with E-state index in [1.807, 2.05) is 0 Å². The highest BCUT2D eigenvalue weighted by Gasteiger charge is 2.18. The zero-order valence-electron chi connectivity index (χ0n) is 16.9. The van der Waals surface area contributed by atoms with Crippen LogP contribution >= 0.6 is 0 Å². The van der Waals surface area contributed by atoms with Crippen molar-refractivity contribution in [2.45, 2.75) is 27.4 Å². The minimum absolute atomic E-state index is 0. The van der Waals surface area contributed by atoms with Crippen LogP contribution in [0.2, 0.25) is 0 Å². The van der Waals surface area contributed by atoms with Crippen molar-refractivity contribution in [3.8, 4) is 16.9 Å². The number of nitrogens with one attached hydrogen (secondary N) is 1. The molecular formula is C24H24F2N4O2. The number of anilines is 1. The highest BCUT2D eigenvalue weighted by atomic mass is 19.1. The fourth-order valence-electron chi connectivity index (χ4n) is 3.40. The second-order valence-electron chi connectivity index (χ2n) is 7.28. The molecule has 0 aliphatic rings. The van der Waals surface area contributed by atoms with Crippen LogP contribution in [0.15, 0.2) is 59.4 Å². The van der Waals surface area contributed by atoms with Crippen LogP contribution in [0, 0.1) is 18.6 Å². The number of aliphatic hydroxyl groups is 1. The molecule has 0 saturated carbocycles. The Kier molecular flexibility index (Phi) is 6.64. The van der Waals surface area contributed by atoms with Gasteiger partial charge in [0.25, 0.3) is 5.56 Å². The van der Waals surface area contributed by atoms with Crippen LogP contribution in [-0.4, -0.2) is 32.3 Å². The number of pyridine rings is 1. The molecule has 0 unspecified atom stereocenters. The number of aliphatic hydroxyl groups excluding tert-OH is 1. The summed E-state index contributed by atoms with van der Waals surface area (Å²) in [5.41, 5.74) is 1.54. The van der Waals surface area contributed by atoms with Crippen LogP contribution in [0.25, 0.3) is 28.0 Å². The molecule has 0 saturated heterocycles. The van der Waals surface area contributed by atoms with Crippen LogP contribution in [0.3, 0.4) is 0 Å². The number of hydrogen-bond donors (Lipinski definition) is 2. The Bertz CT molecular complexity index is 1340. The first-order chi connectivity index (χ1) is 14.8. The number of halogens is 2. The maximum Gasteiger partial charge on any atom is 0.256 e. The number of para-hydroxylation sites is 1. The Labute approximate surface area is 184 Å². The third-order valence-electron chi connectivity index (χ3n) is 4.84. The van der Waals surface area contributed by atoms with Crippen molar-refractivity contribution in [2.24, 2.45) is 0 Å². The summed E-state index contributed by atoms with van der Waals surface area (Å²) >= 11 is 0. The molecule has 4 aromatic rings. The minimum Gasteiger partial charge on any atom is -0.392 e. The molecule has 1 atom stereocenters. The van der Waals surface area contributed by atoms with Gasteiger partial charge in [0.1, 0.15) is 11.6 Å². The normalized spacial score (nSPS) is 11.8. The van der Waals surface area contributed by atoms with E-state index in [2.05, 4.69) is 15.3 Å². The van der Waals surface area contributed by atoms with Crippen molar-refractivity contribution < 1.29 is 13.9 Å². The van der Waals surface area contributed by atoms with Crippen molar-refractivity contribution >= 4 is 17.0 Å². The van der Waals surface area contributed by atoms with Gasteiger partial charge in [-0.1, -0.05) is 19.6 Å². The molecule has 4 rings (SSSR count). The number of aryl methyl sites for hydroxylation is 1. The van der Waals surface area contributed by atoms with Crippen LogP contribution in [0.1, 0.15) is 19.9 Å². The van der Waals surface area contributed by atoms with Gasteiger partial charge in [-0.05, 0) is 55.8 Å². The lowest BCUT2D eigenvalue weighted by Gasteiger charge is -2.16. The number of hydrogen-bond acceptors (Lipinski definition) is 5. The fraction of sp³-hybridized carbons (Fsp3) is 0.208. The van der Waals surface area contributed by atoms with Gasteiger partial charge in [0, 0.05) is 23.6 Å². The molecule has 0 fully saturated rings. The zero-order chi connectivity index (χ0) is 22.1. The molecule has 2 aromatic heterocycles. The van der Waals surface area contributed by atoms with Gasteiger partial charge in [-0.25, -0.2) is 13.8 Å². The van der Waals surface area contributed by atoms with Gasteiger partial charge in [0.2, 0.25) is 5.95 Å². The molecule has 2 aromatic carbocycles. The van der Waals surface area contributed by atoms with Crippen molar-refractivity contribution in [3.63, 3.8) is 0 Å². The average molecular weight is 438 g/mol. The number of fused-ring (bicyclic) bond motifs is 1. The van der Waals surface area contributed by atoms with Gasteiger partial charge in [-0.3, -0.25) is 9.36 Å². The minimum atomic E-state index is -0.667. The Hall–Kier alpha value is -3.65. The number of rotatable bonds is 5. The van der Waals surface area contributed by atoms with Gasteiger partial charge in [0.05, 0.1) is 17.5 Å². The predicted octanol–water partition coefficient (Wildman–Crippen LogP) is 4.46. The molecule has 2 N–H and O–H groups in total. The van der Waals surface area contributed by atoms with Gasteiger partial charge in [-0.15, -0.1) is 0 Å². The molecule has 0 aliphatic carbocycles. The zero-order valence-corrected chi connectivity index (χ0v) is 16.9. The smallest absolute Gasteiger partial charge is 0.256 e. The first-order valence-corrected chi connectivity index (χ1v) is 9.72. The molecule has 2 heterocycles. The third-order valence-corrected chi connectivity index (χ3v) is 4.84. The van der Waals surface area contributed by atoms with Crippen LogP contribution in [0.5, 0.6) is 0 Å². The first-order valence-electron chi connectivity index (χ1n) is 9.72. The molecule has 8 heteroatoms. The van der Waals surface area contributed by atoms with Crippen LogP contribution < -0.4 is 10.9 Å². The topological polar surface area (TPSA) is 80.0 Å². The largest absolute Gasteiger partial charge is 0.392 e. The Balaban J connectivity index is 0.00000289. The van der Waals surface area contributed by atoms with E-state index in [4.69, 9.17) is 0 Å². The van der Waals surface area contributed by atoms with Crippen LogP contribution in [0.4, 0.5) is 14.7 Å². The summed E-state index contributed by atoms with van der Waals surface area (Å²) in [6.07, 6.45) is -0.667. The number of nitrogens with zero attached hydrogens (tertiary/aromatic N) is 3. The van der Waals surface area contributed by atoms with E-state index in [0.717, 1.165) is 0 Å². The molecule has 32 heavy (non-hydrogen) atoms. The summed E-state index contributed by atoms with van der Waals surface area (Å²) in [7, 11) is 0. The van der Waals surface area contributed by atoms with Crippen molar-refractivity contribution in [1.29, 1.82) is 0 Å². The van der Waals surface area contributed by atoms with E-state index in [0.29, 0.717) is 22.2 Å².